The highest BCUT2D eigenvalue weighted by Crippen LogP contribution is 2.26. The first-order chi connectivity index (χ1) is 11.1. The zero-order valence-corrected chi connectivity index (χ0v) is 13.6. The van der Waals surface area contributed by atoms with Gasteiger partial charge < -0.3 is 15.6 Å². The number of aromatic carboxylic acids is 1. The summed E-state index contributed by atoms with van der Waals surface area (Å²) >= 11 is 0. The largest absolute Gasteiger partial charge is 0.496 e. The van der Waals surface area contributed by atoms with Gasteiger partial charge in [0.1, 0.15) is 5.75 Å². The van der Waals surface area contributed by atoms with Crippen LogP contribution in [0, 0.1) is 0 Å². The predicted molar refractivity (Wildman–Crippen MR) is 91.3 cm³/mol. The standard InChI is InChI=1S/C19H23NO3/c1-3-14-11-16(8-9-18(14)23-2)17(12-20)10-13-4-6-15(7-5-13)19(21)22/h4-9,11,17H,3,10,12,20H2,1-2H3,(H,21,22). The third-order valence-corrected chi connectivity index (χ3v) is 4.12. The Kier molecular flexibility index (Phi) is 5.77. The molecule has 0 aliphatic heterocycles. The summed E-state index contributed by atoms with van der Waals surface area (Å²) in [4.78, 5) is 10.9. The van der Waals surface area contributed by atoms with Crippen molar-refractivity contribution in [3.05, 3.63) is 64.7 Å². The molecule has 2 rings (SSSR count). The lowest BCUT2D eigenvalue weighted by Crippen LogP contribution is -2.15. The van der Waals surface area contributed by atoms with Crippen molar-refractivity contribution in [2.75, 3.05) is 13.7 Å². The SMILES string of the molecule is CCc1cc(C(CN)Cc2ccc(C(=O)O)cc2)ccc1OC. The highest BCUT2D eigenvalue weighted by atomic mass is 16.5. The summed E-state index contributed by atoms with van der Waals surface area (Å²) in [6, 6.07) is 13.2. The van der Waals surface area contributed by atoms with Crippen LogP contribution in [0.15, 0.2) is 42.5 Å². The van der Waals surface area contributed by atoms with E-state index in [1.165, 1.54) is 11.1 Å². The molecule has 0 amide bonds. The Morgan fingerprint density at radius 3 is 2.43 bits per heavy atom. The topological polar surface area (TPSA) is 72.6 Å². The minimum Gasteiger partial charge on any atom is -0.496 e. The van der Waals surface area contributed by atoms with Gasteiger partial charge in [0.15, 0.2) is 0 Å². The van der Waals surface area contributed by atoms with Gasteiger partial charge in [-0.15, -0.1) is 0 Å². The summed E-state index contributed by atoms with van der Waals surface area (Å²) in [7, 11) is 1.68. The fraction of sp³-hybridized carbons (Fsp3) is 0.316. The summed E-state index contributed by atoms with van der Waals surface area (Å²) in [5.74, 6) is 0.189. The van der Waals surface area contributed by atoms with Gasteiger partial charge in [0, 0.05) is 5.92 Å². The Labute approximate surface area is 136 Å². The number of methoxy groups -OCH3 is 1. The molecule has 2 aromatic rings. The minimum absolute atomic E-state index is 0.196. The predicted octanol–water partition coefficient (Wildman–Crippen LogP) is 3.24. The lowest BCUT2D eigenvalue weighted by atomic mass is 9.90. The van der Waals surface area contributed by atoms with Crippen LogP contribution in [-0.4, -0.2) is 24.7 Å². The zero-order valence-electron chi connectivity index (χ0n) is 13.6. The first kappa shape index (κ1) is 17.0. The molecule has 1 unspecified atom stereocenters. The van der Waals surface area contributed by atoms with Crippen LogP contribution >= 0.6 is 0 Å². The maximum atomic E-state index is 10.9. The van der Waals surface area contributed by atoms with E-state index in [1.54, 1.807) is 19.2 Å². The van der Waals surface area contributed by atoms with Gasteiger partial charge in [0.2, 0.25) is 0 Å². The molecule has 2 aromatic carbocycles. The number of carbonyl (C=O) groups is 1. The van der Waals surface area contributed by atoms with Crippen LogP contribution in [0.5, 0.6) is 5.75 Å². The molecule has 0 fully saturated rings. The van der Waals surface area contributed by atoms with E-state index in [1.807, 2.05) is 18.2 Å². The Hall–Kier alpha value is -2.33. The molecule has 1 atom stereocenters. The summed E-state index contributed by atoms with van der Waals surface area (Å²) in [6.45, 7) is 2.64. The van der Waals surface area contributed by atoms with E-state index in [9.17, 15) is 4.79 Å². The first-order valence-electron chi connectivity index (χ1n) is 7.78. The Morgan fingerprint density at radius 2 is 1.91 bits per heavy atom. The third kappa shape index (κ3) is 4.11. The van der Waals surface area contributed by atoms with E-state index in [0.717, 1.165) is 24.2 Å². The number of nitrogens with two attached hydrogens (primary N) is 1. The van der Waals surface area contributed by atoms with Crippen molar-refractivity contribution >= 4 is 5.97 Å². The molecule has 0 aliphatic carbocycles. The number of hydrogen-bond acceptors (Lipinski definition) is 3. The molecule has 3 N–H and O–H groups in total. The summed E-state index contributed by atoms with van der Waals surface area (Å²) in [5.41, 5.74) is 9.71. The maximum absolute atomic E-state index is 10.9. The lowest BCUT2D eigenvalue weighted by molar-refractivity contribution is 0.0697. The van der Waals surface area contributed by atoms with Crippen molar-refractivity contribution in [1.82, 2.24) is 0 Å². The summed E-state index contributed by atoms with van der Waals surface area (Å²) in [6.07, 6.45) is 1.69. The van der Waals surface area contributed by atoms with Crippen LogP contribution in [0.1, 0.15) is 39.9 Å². The van der Waals surface area contributed by atoms with Gasteiger partial charge >= 0.3 is 5.97 Å². The average molecular weight is 313 g/mol. The normalized spacial score (nSPS) is 12.0. The van der Waals surface area contributed by atoms with Crippen molar-refractivity contribution in [1.29, 1.82) is 0 Å². The fourth-order valence-electron chi connectivity index (χ4n) is 2.73. The molecule has 0 radical (unpaired) electrons. The van der Waals surface area contributed by atoms with Crippen LogP contribution in [0.3, 0.4) is 0 Å². The molecule has 0 aromatic heterocycles. The molecule has 23 heavy (non-hydrogen) atoms. The second kappa shape index (κ2) is 7.79. The molecule has 0 heterocycles. The number of aryl methyl sites for hydroxylation is 1. The maximum Gasteiger partial charge on any atom is 0.335 e. The van der Waals surface area contributed by atoms with E-state index < -0.39 is 5.97 Å². The molecule has 4 nitrogen and oxygen atoms in total. The van der Waals surface area contributed by atoms with Gasteiger partial charge in [-0.25, -0.2) is 4.79 Å². The van der Waals surface area contributed by atoms with Crippen molar-refractivity contribution in [2.45, 2.75) is 25.7 Å². The van der Waals surface area contributed by atoms with Gasteiger partial charge in [0.05, 0.1) is 12.7 Å². The highest BCUT2D eigenvalue weighted by Gasteiger charge is 2.13. The van der Waals surface area contributed by atoms with Crippen molar-refractivity contribution in [3.8, 4) is 5.75 Å². The Morgan fingerprint density at radius 1 is 1.22 bits per heavy atom. The number of benzene rings is 2. The number of ether oxygens (including phenoxy) is 1. The number of carboxylic acid groups (broad SMARTS) is 1. The zero-order chi connectivity index (χ0) is 16.8. The second-order valence-electron chi connectivity index (χ2n) is 5.56. The van der Waals surface area contributed by atoms with E-state index >= 15 is 0 Å². The van der Waals surface area contributed by atoms with E-state index in [4.69, 9.17) is 15.6 Å². The second-order valence-corrected chi connectivity index (χ2v) is 5.56. The van der Waals surface area contributed by atoms with Crippen molar-refractivity contribution < 1.29 is 14.6 Å². The monoisotopic (exact) mass is 313 g/mol. The minimum atomic E-state index is -0.908. The molecular formula is C19H23NO3. The molecule has 4 heteroatoms. The molecular weight excluding hydrogens is 290 g/mol. The summed E-state index contributed by atoms with van der Waals surface area (Å²) < 4.78 is 5.37. The van der Waals surface area contributed by atoms with Gasteiger partial charge in [-0.2, -0.15) is 0 Å². The lowest BCUT2D eigenvalue weighted by Gasteiger charge is -2.18. The van der Waals surface area contributed by atoms with Crippen LogP contribution in [-0.2, 0) is 12.8 Å². The fourth-order valence-corrected chi connectivity index (χ4v) is 2.73. The molecule has 0 spiro atoms. The number of hydrogen-bond donors (Lipinski definition) is 2. The van der Waals surface area contributed by atoms with Gasteiger partial charge in [-0.05, 0) is 54.3 Å². The average Bonchev–Trinajstić information content (AvgIpc) is 2.59. The number of carboxylic acids is 1. The molecule has 0 saturated carbocycles. The Bertz CT molecular complexity index is 665. The van der Waals surface area contributed by atoms with Gasteiger partial charge in [-0.1, -0.05) is 31.2 Å². The molecule has 0 bridgehead atoms. The number of rotatable bonds is 7. The van der Waals surface area contributed by atoms with E-state index in [2.05, 4.69) is 19.1 Å². The molecule has 0 aliphatic rings. The molecule has 122 valence electrons. The smallest absolute Gasteiger partial charge is 0.335 e. The van der Waals surface area contributed by atoms with Crippen molar-refractivity contribution in [2.24, 2.45) is 5.73 Å². The molecule has 0 saturated heterocycles. The Balaban J connectivity index is 2.21. The summed E-state index contributed by atoms with van der Waals surface area (Å²) in [5, 5.41) is 8.96. The quantitative estimate of drug-likeness (QED) is 0.823. The van der Waals surface area contributed by atoms with Gasteiger partial charge in [0.25, 0.3) is 0 Å². The third-order valence-electron chi connectivity index (χ3n) is 4.12. The van der Waals surface area contributed by atoms with E-state index in [-0.39, 0.29) is 5.92 Å². The van der Waals surface area contributed by atoms with Crippen molar-refractivity contribution in [3.63, 3.8) is 0 Å². The van der Waals surface area contributed by atoms with Crippen LogP contribution in [0.4, 0.5) is 0 Å². The van der Waals surface area contributed by atoms with Crippen LogP contribution in [0.2, 0.25) is 0 Å². The van der Waals surface area contributed by atoms with Gasteiger partial charge in [-0.3, -0.25) is 0 Å². The first-order valence-corrected chi connectivity index (χ1v) is 7.78. The highest BCUT2D eigenvalue weighted by molar-refractivity contribution is 5.87. The van der Waals surface area contributed by atoms with Crippen LogP contribution in [0.25, 0.3) is 0 Å². The van der Waals surface area contributed by atoms with E-state index in [0.29, 0.717) is 12.1 Å². The van der Waals surface area contributed by atoms with Crippen LogP contribution < -0.4 is 10.5 Å².